The molecule has 2 atom stereocenters. The van der Waals surface area contributed by atoms with E-state index in [1.54, 1.807) is 7.11 Å². The maximum Gasteiger partial charge on any atom is 0.0561 e. The predicted molar refractivity (Wildman–Crippen MR) is 68.5 cm³/mol. The maximum absolute atomic E-state index is 6.16. The van der Waals surface area contributed by atoms with Crippen molar-refractivity contribution < 1.29 is 4.74 Å². The van der Waals surface area contributed by atoms with E-state index in [4.69, 9.17) is 10.5 Å². The molecule has 0 saturated carbocycles. The fraction of sp³-hybridized carbons (Fsp3) is 0.571. The third-order valence-electron chi connectivity index (χ3n) is 2.91. The molecule has 1 aromatic carbocycles. The number of benzene rings is 1. The molecule has 2 nitrogen and oxygen atoms in total. The third-order valence-corrected chi connectivity index (χ3v) is 2.91. The summed E-state index contributed by atoms with van der Waals surface area (Å²) in [6.45, 7) is 4.25. The van der Waals surface area contributed by atoms with Crippen LogP contribution in [0.1, 0.15) is 43.9 Å². The molecule has 2 unspecified atom stereocenters. The van der Waals surface area contributed by atoms with Gasteiger partial charge in [-0.15, -0.1) is 0 Å². The second kappa shape index (κ2) is 6.66. The summed E-state index contributed by atoms with van der Waals surface area (Å²) in [5, 5.41) is 0. The van der Waals surface area contributed by atoms with E-state index in [0.717, 1.165) is 12.8 Å². The molecule has 0 bridgehead atoms. The van der Waals surface area contributed by atoms with E-state index in [-0.39, 0.29) is 12.1 Å². The van der Waals surface area contributed by atoms with Crippen LogP contribution in [0.4, 0.5) is 0 Å². The van der Waals surface area contributed by atoms with Crippen molar-refractivity contribution in [2.45, 2.75) is 45.3 Å². The van der Waals surface area contributed by atoms with Gasteiger partial charge in [-0.1, -0.05) is 37.6 Å². The fourth-order valence-corrected chi connectivity index (χ4v) is 1.86. The molecule has 0 aliphatic heterocycles. The van der Waals surface area contributed by atoms with Gasteiger partial charge < -0.3 is 10.5 Å². The molecular formula is C14H23NO. The lowest BCUT2D eigenvalue weighted by Gasteiger charge is -2.17. The summed E-state index contributed by atoms with van der Waals surface area (Å²) in [5.74, 6) is 0. The van der Waals surface area contributed by atoms with Gasteiger partial charge in [-0.25, -0.2) is 0 Å². The quantitative estimate of drug-likeness (QED) is 0.801. The van der Waals surface area contributed by atoms with Crippen LogP contribution in [0.3, 0.4) is 0 Å². The smallest absolute Gasteiger partial charge is 0.0561 e. The van der Waals surface area contributed by atoms with Gasteiger partial charge in [0.1, 0.15) is 0 Å². The Bertz CT molecular complexity index is 311. The highest BCUT2D eigenvalue weighted by molar-refractivity contribution is 5.26. The molecule has 0 aliphatic rings. The summed E-state index contributed by atoms with van der Waals surface area (Å²) in [6, 6.07) is 8.66. The second-order valence-electron chi connectivity index (χ2n) is 4.38. The molecule has 0 aromatic heterocycles. The van der Waals surface area contributed by atoms with Crippen LogP contribution < -0.4 is 5.73 Å². The molecule has 0 aliphatic carbocycles. The van der Waals surface area contributed by atoms with Crippen molar-refractivity contribution in [1.29, 1.82) is 0 Å². The van der Waals surface area contributed by atoms with Crippen LogP contribution in [0, 0.1) is 0 Å². The van der Waals surface area contributed by atoms with Gasteiger partial charge in [0, 0.05) is 13.2 Å². The Morgan fingerprint density at radius 2 is 2.12 bits per heavy atom. The molecule has 2 N–H and O–H groups in total. The molecule has 0 fully saturated rings. The molecule has 0 spiro atoms. The lowest BCUT2D eigenvalue weighted by Crippen LogP contribution is -2.18. The van der Waals surface area contributed by atoms with Crippen molar-refractivity contribution in [3.05, 3.63) is 35.4 Å². The van der Waals surface area contributed by atoms with Crippen LogP contribution in [0.15, 0.2) is 24.3 Å². The summed E-state index contributed by atoms with van der Waals surface area (Å²) in [4.78, 5) is 0. The molecule has 90 valence electrons. The van der Waals surface area contributed by atoms with Crippen LogP contribution in [0.2, 0.25) is 0 Å². The van der Waals surface area contributed by atoms with Gasteiger partial charge in [0.15, 0.2) is 0 Å². The number of rotatable bonds is 6. The normalized spacial score (nSPS) is 14.8. The first-order valence-corrected chi connectivity index (χ1v) is 6.04. The van der Waals surface area contributed by atoms with Gasteiger partial charge in [-0.3, -0.25) is 0 Å². The topological polar surface area (TPSA) is 35.2 Å². The number of nitrogens with two attached hydrogens (primary N) is 1. The highest BCUT2D eigenvalue weighted by Crippen LogP contribution is 2.18. The van der Waals surface area contributed by atoms with Gasteiger partial charge in [-0.05, 0) is 30.9 Å². The molecule has 16 heavy (non-hydrogen) atoms. The van der Waals surface area contributed by atoms with Gasteiger partial charge >= 0.3 is 0 Å². The zero-order valence-corrected chi connectivity index (χ0v) is 10.6. The number of methoxy groups -OCH3 is 1. The zero-order chi connectivity index (χ0) is 12.0. The van der Waals surface area contributed by atoms with Crippen molar-refractivity contribution >= 4 is 0 Å². The Kier molecular flexibility index (Phi) is 5.50. The van der Waals surface area contributed by atoms with Gasteiger partial charge in [0.05, 0.1) is 6.10 Å². The Morgan fingerprint density at radius 3 is 2.75 bits per heavy atom. The van der Waals surface area contributed by atoms with Crippen molar-refractivity contribution in [2.24, 2.45) is 5.73 Å². The highest BCUT2D eigenvalue weighted by Gasteiger charge is 2.10. The first-order chi connectivity index (χ1) is 7.67. The molecule has 0 heterocycles. The maximum atomic E-state index is 6.16. The third kappa shape index (κ3) is 3.95. The summed E-state index contributed by atoms with van der Waals surface area (Å²) >= 11 is 0. The SMILES string of the molecule is CCCc1cccc(C(N)CC(C)OC)c1. The largest absolute Gasteiger partial charge is 0.382 e. The van der Waals surface area contributed by atoms with E-state index < -0.39 is 0 Å². The Balaban J connectivity index is 2.67. The molecular weight excluding hydrogens is 198 g/mol. The number of hydrogen-bond acceptors (Lipinski definition) is 2. The van der Waals surface area contributed by atoms with Crippen LogP contribution in [0.25, 0.3) is 0 Å². The predicted octanol–water partition coefficient (Wildman–Crippen LogP) is 3.06. The Hall–Kier alpha value is -0.860. The van der Waals surface area contributed by atoms with Crippen molar-refractivity contribution in [1.82, 2.24) is 0 Å². The van der Waals surface area contributed by atoms with Crippen LogP contribution in [-0.4, -0.2) is 13.2 Å². The molecule has 1 aromatic rings. The van der Waals surface area contributed by atoms with E-state index >= 15 is 0 Å². The summed E-state index contributed by atoms with van der Waals surface area (Å²) < 4.78 is 5.24. The number of ether oxygens (including phenoxy) is 1. The fourth-order valence-electron chi connectivity index (χ4n) is 1.86. The van der Waals surface area contributed by atoms with Gasteiger partial charge in [0.25, 0.3) is 0 Å². The van der Waals surface area contributed by atoms with Gasteiger partial charge in [-0.2, -0.15) is 0 Å². The summed E-state index contributed by atoms with van der Waals surface area (Å²) in [6.07, 6.45) is 3.38. The van der Waals surface area contributed by atoms with Crippen molar-refractivity contribution in [3.63, 3.8) is 0 Å². The second-order valence-corrected chi connectivity index (χ2v) is 4.38. The van der Waals surface area contributed by atoms with E-state index in [2.05, 4.69) is 38.1 Å². The van der Waals surface area contributed by atoms with Crippen LogP contribution >= 0.6 is 0 Å². The van der Waals surface area contributed by atoms with Crippen LogP contribution in [-0.2, 0) is 11.2 Å². The standard InChI is InChI=1S/C14H23NO/c1-4-6-12-7-5-8-13(10-12)14(15)9-11(2)16-3/h5,7-8,10-11,14H,4,6,9,15H2,1-3H3. The minimum absolute atomic E-state index is 0.0757. The lowest BCUT2D eigenvalue weighted by atomic mass is 9.98. The summed E-state index contributed by atoms with van der Waals surface area (Å²) in [5.41, 5.74) is 8.75. The van der Waals surface area contributed by atoms with Gasteiger partial charge in [0.2, 0.25) is 0 Å². The number of hydrogen-bond donors (Lipinski definition) is 1. The van der Waals surface area contributed by atoms with Crippen molar-refractivity contribution in [2.75, 3.05) is 7.11 Å². The Labute approximate surface area is 98.8 Å². The minimum Gasteiger partial charge on any atom is -0.382 e. The average Bonchev–Trinajstić information content (AvgIpc) is 2.29. The first kappa shape index (κ1) is 13.2. The van der Waals surface area contributed by atoms with Crippen LogP contribution in [0.5, 0.6) is 0 Å². The summed E-state index contributed by atoms with van der Waals surface area (Å²) in [7, 11) is 1.73. The Morgan fingerprint density at radius 1 is 1.38 bits per heavy atom. The van der Waals surface area contributed by atoms with E-state index in [1.807, 2.05) is 0 Å². The van der Waals surface area contributed by atoms with Crippen molar-refractivity contribution in [3.8, 4) is 0 Å². The first-order valence-electron chi connectivity index (χ1n) is 6.04. The highest BCUT2D eigenvalue weighted by atomic mass is 16.5. The lowest BCUT2D eigenvalue weighted by molar-refractivity contribution is 0.104. The average molecular weight is 221 g/mol. The van der Waals surface area contributed by atoms with E-state index in [1.165, 1.54) is 17.5 Å². The zero-order valence-electron chi connectivity index (χ0n) is 10.6. The monoisotopic (exact) mass is 221 g/mol. The molecule has 0 saturated heterocycles. The molecule has 0 radical (unpaired) electrons. The molecule has 2 heteroatoms. The molecule has 1 rings (SSSR count). The van der Waals surface area contributed by atoms with E-state index in [9.17, 15) is 0 Å². The molecule has 0 amide bonds. The number of aryl methyl sites for hydroxylation is 1. The minimum atomic E-state index is 0.0757. The van der Waals surface area contributed by atoms with E-state index in [0.29, 0.717) is 0 Å².